The maximum Gasteiger partial charge on any atom is 0.315 e. The number of sulfonamides is 1. The normalized spacial score (nSPS) is 21.1. The Kier molecular flexibility index (Phi) is 14.1. The van der Waals surface area contributed by atoms with E-state index in [1.165, 1.54) is 21.3 Å². The average molecular weight is 763 g/mol. The standard InChI is InChI=1S/C37H58N6O7S2/c1-12-14-16-25(30(44)33(46)38-18-13-2)39-32(45)29-28-24(37(28,10)11)20-42(29)34(47)31(36(7,8)9)41-35(48)40-26(22(3)4)21-43(23(5)6)52(49,50)27-17-15-19-51-27/h13,15,17,19,23-26,28-29,31H,2-3,12,14,16,18,20-21H2,1,4-11H3,(H,38,46)(H,39,45)(H2,40,41,48)/t24-,25?,26+,28-,29-,31+/m0/s1. The van der Waals surface area contributed by atoms with Crippen molar-refractivity contribution < 1.29 is 32.4 Å². The zero-order valence-electron chi connectivity index (χ0n) is 32.1. The number of Topliss-reactive ketones (excluding diaryl/α,β-unsaturated/α-hetero) is 1. The highest BCUT2D eigenvalue weighted by atomic mass is 32.2. The molecule has 1 unspecified atom stereocenters. The fourth-order valence-corrected chi connectivity index (χ4v) is 9.69. The number of nitrogens with one attached hydrogen (secondary N) is 4. The predicted molar refractivity (Wildman–Crippen MR) is 203 cm³/mol. The van der Waals surface area contributed by atoms with Crippen molar-refractivity contribution in [1.82, 2.24) is 30.5 Å². The molecule has 0 radical (unpaired) electrons. The Morgan fingerprint density at radius 3 is 2.29 bits per heavy atom. The van der Waals surface area contributed by atoms with Gasteiger partial charge in [0.25, 0.3) is 15.9 Å². The smallest absolute Gasteiger partial charge is 0.315 e. The van der Waals surface area contributed by atoms with Gasteiger partial charge in [-0.3, -0.25) is 19.2 Å². The molecule has 15 heteroatoms. The van der Waals surface area contributed by atoms with Gasteiger partial charge in [0.1, 0.15) is 16.3 Å². The first-order valence-corrected chi connectivity index (χ1v) is 20.2. The van der Waals surface area contributed by atoms with Gasteiger partial charge in [-0.15, -0.1) is 17.9 Å². The van der Waals surface area contributed by atoms with E-state index >= 15 is 0 Å². The second kappa shape index (κ2) is 17.1. The molecule has 2 aliphatic rings. The first kappa shape index (κ1) is 42.8. The lowest BCUT2D eigenvalue weighted by atomic mass is 9.85. The van der Waals surface area contributed by atoms with Crippen LogP contribution in [0.1, 0.15) is 81.6 Å². The van der Waals surface area contributed by atoms with Crippen LogP contribution in [0.25, 0.3) is 0 Å². The molecule has 1 aliphatic carbocycles. The first-order valence-electron chi connectivity index (χ1n) is 17.9. The van der Waals surface area contributed by atoms with Crippen LogP contribution >= 0.6 is 11.3 Å². The minimum Gasteiger partial charge on any atom is -0.346 e. The number of hydrogen-bond acceptors (Lipinski definition) is 8. The van der Waals surface area contributed by atoms with E-state index in [-0.39, 0.29) is 47.5 Å². The summed E-state index contributed by atoms with van der Waals surface area (Å²) in [6.45, 7) is 24.5. The number of rotatable bonds is 18. The van der Waals surface area contributed by atoms with Crippen molar-refractivity contribution >= 4 is 50.9 Å². The number of thiophene rings is 1. The van der Waals surface area contributed by atoms with Crippen molar-refractivity contribution in [2.45, 2.75) is 116 Å². The number of amides is 5. The number of carbonyl (C=O) groups is 5. The number of piperidine rings is 1. The third-order valence-corrected chi connectivity index (χ3v) is 13.6. The van der Waals surface area contributed by atoms with E-state index in [0.717, 1.165) is 17.8 Å². The summed E-state index contributed by atoms with van der Waals surface area (Å²) in [5.74, 6) is -2.70. The van der Waals surface area contributed by atoms with E-state index in [4.69, 9.17) is 0 Å². The summed E-state index contributed by atoms with van der Waals surface area (Å²) >= 11 is 1.11. The molecule has 1 aromatic rings. The molecule has 2 heterocycles. The lowest BCUT2D eigenvalue weighted by molar-refractivity contribution is -0.145. The summed E-state index contributed by atoms with van der Waals surface area (Å²) in [6, 6.07) is -1.76. The van der Waals surface area contributed by atoms with Crippen LogP contribution in [-0.4, -0.2) is 97.0 Å². The molecule has 1 saturated heterocycles. The lowest BCUT2D eigenvalue weighted by Gasteiger charge is -2.38. The van der Waals surface area contributed by atoms with E-state index in [1.54, 1.807) is 53.0 Å². The van der Waals surface area contributed by atoms with E-state index in [2.05, 4.69) is 34.4 Å². The second-order valence-electron chi connectivity index (χ2n) is 15.9. The van der Waals surface area contributed by atoms with Gasteiger partial charge in [0, 0.05) is 25.7 Å². The van der Waals surface area contributed by atoms with Crippen LogP contribution in [-0.2, 0) is 29.2 Å². The van der Waals surface area contributed by atoms with Crippen LogP contribution in [0.5, 0.6) is 0 Å². The van der Waals surface area contributed by atoms with Crippen LogP contribution < -0.4 is 21.3 Å². The quantitative estimate of drug-likeness (QED) is 0.130. The molecule has 1 aliphatic heterocycles. The average Bonchev–Trinajstić information content (AvgIpc) is 3.51. The molecule has 2 fully saturated rings. The van der Waals surface area contributed by atoms with Gasteiger partial charge in [0.2, 0.25) is 17.6 Å². The van der Waals surface area contributed by atoms with E-state index in [1.807, 2.05) is 20.8 Å². The fourth-order valence-electron chi connectivity index (χ4n) is 6.92. The highest BCUT2D eigenvalue weighted by Gasteiger charge is 2.70. The van der Waals surface area contributed by atoms with Gasteiger partial charge >= 0.3 is 6.03 Å². The molecule has 6 atom stereocenters. The Hall–Kier alpha value is -3.56. The van der Waals surface area contributed by atoms with Crippen molar-refractivity contribution in [2.75, 3.05) is 19.6 Å². The fraction of sp³-hybridized carbons (Fsp3) is 0.649. The summed E-state index contributed by atoms with van der Waals surface area (Å²) in [5.41, 5.74) is -0.512. The number of urea groups is 1. The van der Waals surface area contributed by atoms with Gasteiger partial charge in [0.15, 0.2) is 0 Å². The summed E-state index contributed by atoms with van der Waals surface area (Å²) < 4.78 is 28.4. The summed E-state index contributed by atoms with van der Waals surface area (Å²) in [7, 11) is -3.85. The van der Waals surface area contributed by atoms with Gasteiger partial charge in [0.05, 0.1) is 12.1 Å². The van der Waals surface area contributed by atoms with E-state index in [9.17, 15) is 32.4 Å². The molecule has 0 aromatic carbocycles. The molecule has 3 rings (SSSR count). The van der Waals surface area contributed by atoms with Gasteiger partial charge in [-0.1, -0.05) is 78.7 Å². The molecule has 0 bridgehead atoms. The van der Waals surface area contributed by atoms with E-state index in [0.29, 0.717) is 12.0 Å². The predicted octanol–water partition coefficient (Wildman–Crippen LogP) is 3.84. The van der Waals surface area contributed by atoms with Crippen molar-refractivity contribution in [3.05, 3.63) is 42.3 Å². The summed E-state index contributed by atoms with van der Waals surface area (Å²) in [5, 5.41) is 12.6. The Balaban J connectivity index is 1.84. The number of fused-ring (bicyclic) bond motifs is 1. The van der Waals surface area contributed by atoms with Gasteiger partial charge in [-0.2, -0.15) is 4.31 Å². The minimum atomic E-state index is -3.85. The Morgan fingerprint density at radius 2 is 1.77 bits per heavy atom. The largest absolute Gasteiger partial charge is 0.346 e. The maximum absolute atomic E-state index is 14.4. The first-order chi connectivity index (χ1) is 24.1. The zero-order chi connectivity index (χ0) is 39.3. The molecule has 52 heavy (non-hydrogen) atoms. The molecular formula is C37H58N6O7S2. The maximum atomic E-state index is 14.4. The van der Waals surface area contributed by atoms with Crippen LogP contribution in [0.4, 0.5) is 4.79 Å². The van der Waals surface area contributed by atoms with Gasteiger partial charge < -0.3 is 26.2 Å². The molecule has 1 aromatic heterocycles. The van der Waals surface area contributed by atoms with Crippen molar-refractivity contribution in [3.8, 4) is 0 Å². The molecule has 1 saturated carbocycles. The molecule has 4 N–H and O–H groups in total. The third kappa shape index (κ3) is 9.70. The van der Waals surface area contributed by atoms with Crippen LogP contribution in [0.2, 0.25) is 0 Å². The van der Waals surface area contributed by atoms with Gasteiger partial charge in [-0.25, -0.2) is 13.2 Å². The highest BCUT2D eigenvalue weighted by molar-refractivity contribution is 7.91. The van der Waals surface area contributed by atoms with Crippen molar-refractivity contribution in [3.63, 3.8) is 0 Å². The number of carbonyl (C=O) groups excluding carboxylic acids is 5. The molecular weight excluding hydrogens is 705 g/mol. The van der Waals surface area contributed by atoms with Crippen LogP contribution in [0.3, 0.4) is 0 Å². The Morgan fingerprint density at radius 1 is 1.12 bits per heavy atom. The van der Waals surface area contributed by atoms with Crippen LogP contribution in [0.15, 0.2) is 46.5 Å². The SMILES string of the molecule is C=CCNC(=O)C(=O)C(CCCC)NC(=O)[C@@H]1[C@@H]2[C@H](CN1C(=O)[C@@H](NC(=O)N[C@H](CN(C(C)C)S(=O)(=O)c1cccs1)C(=C)C)C(C)(C)C)C2(C)C. The summed E-state index contributed by atoms with van der Waals surface area (Å²) in [4.78, 5) is 69.4. The molecule has 0 spiro atoms. The second-order valence-corrected chi connectivity index (χ2v) is 18.9. The van der Waals surface area contributed by atoms with E-state index < -0.39 is 75.2 Å². The lowest BCUT2D eigenvalue weighted by Crippen LogP contribution is -2.62. The summed E-state index contributed by atoms with van der Waals surface area (Å²) in [6.07, 6.45) is 3.06. The molecule has 290 valence electrons. The Bertz CT molecular complexity index is 1620. The zero-order valence-corrected chi connectivity index (χ0v) is 33.7. The number of hydrogen-bond donors (Lipinski definition) is 4. The molecule has 5 amide bonds. The number of likely N-dealkylation sites (tertiary alicyclic amines) is 1. The topological polar surface area (TPSA) is 174 Å². The number of nitrogens with zero attached hydrogens (tertiary/aromatic N) is 2. The third-order valence-electron chi connectivity index (χ3n) is 10.2. The number of unbranched alkanes of at least 4 members (excludes halogenated alkanes) is 1. The molecule has 13 nitrogen and oxygen atoms in total. The van der Waals surface area contributed by atoms with Crippen molar-refractivity contribution in [2.24, 2.45) is 22.7 Å². The van der Waals surface area contributed by atoms with Crippen molar-refractivity contribution in [1.29, 1.82) is 0 Å². The Labute approximate surface area is 313 Å². The highest BCUT2D eigenvalue weighted by Crippen LogP contribution is 2.65. The van der Waals surface area contributed by atoms with Crippen LogP contribution in [0, 0.1) is 22.7 Å². The van der Waals surface area contributed by atoms with Gasteiger partial charge in [-0.05, 0) is 61.3 Å². The minimum absolute atomic E-state index is 0.0300. The monoisotopic (exact) mass is 762 g/mol. The number of ketones is 1.